The van der Waals surface area contributed by atoms with E-state index < -0.39 is 0 Å². The molecule has 2 aromatic heterocycles. The second-order valence-corrected chi connectivity index (χ2v) is 10.8. The third-order valence-electron chi connectivity index (χ3n) is 7.31. The Morgan fingerprint density at radius 2 is 1.94 bits per heavy atom. The zero-order valence-electron chi connectivity index (χ0n) is 20.3. The van der Waals surface area contributed by atoms with Crippen LogP contribution in [0.2, 0.25) is 0 Å². The molecule has 1 aliphatic heterocycles. The maximum atomic E-state index is 13.3. The highest BCUT2D eigenvalue weighted by Gasteiger charge is 2.23. The average molecular weight is 497 g/mol. The van der Waals surface area contributed by atoms with Gasteiger partial charge in [-0.05, 0) is 82.8 Å². The van der Waals surface area contributed by atoms with Crippen LogP contribution in [0, 0.1) is 0 Å². The van der Waals surface area contributed by atoms with E-state index in [4.69, 9.17) is 5.73 Å². The molecule has 0 bridgehead atoms. The van der Waals surface area contributed by atoms with Crippen LogP contribution in [0.4, 0.5) is 0 Å². The molecule has 2 aliphatic rings. The molecule has 0 atom stereocenters. The number of amidine groups is 1. The smallest absolute Gasteiger partial charge is 0.177 e. The van der Waals surface area contributed by atoms with E-state index in [1.54, 1.807) is 16.0 Å². The lowest BCUT2D eigenvalue weighted by Gasteiger charge is -2.16. The highest BCUT2D eigenvalue weighted by molar-refractivity contribution is 7.14. The van der Waals surface area contributed by atoms with Crippen LogP contribution in [-0.2, 0) is 39.5 Å². The molecule has 0 saturated carbocycles. The number of ketones is 1. The number of aliphatic imine (C=N–C) groups is 1. The van der Waals surface area contributed by atoms with Gasteiger partial charge in [-0.2, -0.15) is 5.10 Å². The summed E-state index contributed by atoms with van der Waals surface area (Å²) < 4.78 is 1.78. The van der Waals surface area contributed by atoms with Gasteiger partial charge in [0.2, 0.25) is 0 Å². The second kappa shape index (κ2) is 9.15. The summed E-state index contributed by atoms with van der Waals surface area (Å²) in [7, 11) is 1.90. The van der Waals surface area contributed by atoms with E-state index in [0.29, 0.717) is 12.4 Å². The summed E-state index contributed by atoms with van der Waals surface area (Å²) in [4.78, 5) is 19.9. The molecule has 6 nitrogen and oxygen atoms in total. The van der Waals surface area contributed by atoms with E-state index in [0.717, 1.165) is 62.2 Å². The molecule has 36 heavy (non-hydrogen) atoms. The summed E-state index contributed by atoms with van der Waals surface area (Å²) in [5.74, 6) is 0.637. The van der Waals surface area contributed by atoms with E-state index in [2.05, 4.69) is 28.3 Å². The third kappa shape index (κ3) is 3.98. The Balaban J connectivity index is 1.40. The number of hydrogen-bond acceptors (Lipinski definition) is 6. The average Bonchev–Trinajstić information content (AvgIpc) is 3.62. The predicted molar refractivity (Wildman–Crippen MR) is 143 cm³/mol. The first kappa shape index (κ1) is 22.9. The van der Waals surface area contributed by atoms with Gasteiger partial charge < -0.3 is 10.8 Å². The first-order valence-electron chi connectivity index (χ1n) is 12.3. The molecule has 7 heteroatoms. The van der Waals surface area contributed by atoms with E-state index in [1.165, 1.54) is 23.3 Å². The Kier molecular flexibility index (Phi) is 5.82. The summed E-state index contributed by atoms with van der Waals surface area (Å²) in [6.45, 7) is 0.389. The van der Waals surface area contributed by atoms with E-state index in [1.807, 2.05) is 37.6 Å². The molecule has 0 saturated heterocycles. The highest BCUT2D eigenvalue weighted by Crippen LogP contribution is 2.37. The van der Waals surface area contributed by atoms with Gasteiger partial charge in [0.1, 0.15) is 5.84 Å². The molecule has 4 aromatic rings. The number of aliphatic hydroxyl groups excluding tert-OH is 1. The number of rotatable bonds is 6. The topological polar surface area (TPSA) is 93.5 Å². The van der Waals surface area contributed by atoms with Gasteiger partial charge in [-0.1, -0.05) is 18.2 Å². The highest BCUT2D eigenvalue weighted by atomic mass is 32.1. The molecule has 3 N–H and O–H groups in total. The van der Waals surface area contributed by atoms with Crippen molar-refractivity contribution in [3.8, 4) is 22.3 Å². The van der Waals surface area contributed by atoms with Gasteiger partial charge in [0.25, 0.3) is 0 Å². The number of nitrogens with two attached hydrogens (primary N) is 1. The second-order valence-electron chi connectivity index (χ2n) is 9.62. The van der Waals surface area contributed by atoms with Crippen molar-refractivity contribution in [1.29, 1.82) is 0 Å². The fraction of sp³-hybridized carbons (Fsp3) is 0.276. The summed E-state index contributed by atoms with van der Waals surface area (Å²) in [5, 5.41) is 14.8. The SMILES string of the molecule is Cn1cc(-c2cc(-c3cccc(CC(=O)c4cc5c(s4)CCCC5)c3CO)cc3c2CN=C3N)cn1. The fourth-order valence-corrected chi connectivity index (χ4v) is 6.63. The number of carbonyl (C=O) groups excluding carboxylic acids is 1. The Labute approximate surface area is 214 Å². The van der Waals surface area contributed by atoms with Crippen LogP contribution in [0.15, 0.2) is 53.8 Å². The molecular weight excluding hydrogens is 468 g/mol. The van der Waals surface area contributed by atoms with Crippen molar-refractivity contribution < 1.29 is 9.90 Å². The number of benzene rings is 2. The fourth-order valence-electron chi connectivity index (χ4n) is 5.44. The van der Waals surface area contributed by atoms with E-state index in [9.17, 15) is 9.90 Å². The zero-order chi connectivity index (χ0) is 24.8. The standard InChI is InChI=1S/C29H28N4O2S/c1-33-15-20(13-32-33)22-9-19(10-23-24(22)14-31-29(23)30)21-7-4-6-17(25(21)16-34)11-26(35)28-12-18-5-2-3-8-27(18)36-28/h4,6-7,9-10,12-13,15,34H,2-3,5,8,11,14,16H2,1H3,(H2,30,31). The summed E-state index contributed by atoms with van der Waals surface area (Å²) >= 11 is 1.64. The van der Waals surface area contributed by atoms with Crippen LogP contribution >= 0.6 is 11.3 Å². The van der Waals surface area contributed by atoms with E-state index in [-0.39, 0.29) is 18.8 Å². The van der Waals surface area contributed by atoms with Gasteiger partial charge >= 0.3 is 0 Å². The lowest BCUT2D eigenvalue weighted by atomic mass is 9.88. The Bertz CT molecular complexity index is 1500. The molecule has 3 heterocycles. The van der Waals surface area contributed by atoms with Gasteiger partial charge in [-0.25, -0.2) is 0 Å². The summed E-state index contributed by atoms with van der Waals surface area (Å²) in [6, 6.07) is 12.2. The number of aliphatic hydroxyl groups is 1. The molecule has 6 rings (SSSR count). The third-order valence-corrected chi connectivity index (χ3v) is 8.59. The number of fused-ring (bicyclic) bond motifs is 2. The van der Waals surface area contributed by atoms with Crippen molar-refractivity contribution in [2.75, 3.05) is 0 Å². The van der Waals surface area contributed by atoms with Crippen molar-refractivity contribution in [3.05, 3.63) is 86.4 Å². The van der Waals surface area contributed by atoms with Gasteiger partial charge in [0.15, 0.2) is 5.78 Å². The first-order chi connectivity index (χ1) is 17.5. The Morgan fingerprint density at radius 1 is 1.11 bits per heavy atom. The number of hydrogen-bond donors (Lipinski definition) is 2. The molecule has 0 fully saturated rings. The normalized spacial score (nSPS) is 14.4. The van der Waals surface area contributed by atoms with Crippen LogP contribution in [0.25, 0.3) is 22.3 Å². The monoisotopic (exact) mass is 496 g/mol. The van der Waals surface area contributed by atoms with Crippen molar-refractivity contribution >= 4 is 23.0 Å². The number of aromatic nitrogens is 2. The Morgan fingerprint density at radius 3 is 2.72 bits per heavy atom. The maximum Gasteiger partial charge on any atom is 0.177 e. The number of aryl methyl sites for hydroxylation is 3. The van der Waals surface area contributed by atoms with Gasteiger partial charge in [0, 0.05) is 35.7 Å². The molecule has 0 spiro atoms. The largest absolute Gasteiger partial charge is 0.392 e. The van der Waals surface area contributed by atoms with Gasteiger partial charge in [-0.3, -0.25) is 14.5 Å². The summed E-state index contributed by atoms with van der Waals surface area (Å²) in [5.41, 5.74) is 15.1. The van der Waals surface area contributed by atoms with E-state index >= 15 is 0 Å². The number of carbonyl (C=O) groups is 1. The minimum absolute atomic E-state index is 0.114. The lowest BCUT2D eigenvalue weighted by molar-refractivity contribution is 0.0996. The minimum Gasteiger partial charge on any atom is -0.392 e. The van der Waals surface area contributed by atoms with Crippen LogP contribution < -0.4 is 5.73 Å². The molecule has 0 unspecified atom stereocenters. The lowest BCUT2D eigenvalue weighted by Crippen LogP contribution is -2.11. The quantitative estimate of drug-likeness (QED) is 0.374. The van der Waals surface area contributed by atoms with Crippen LogP contribution in [-0.4, -0.2) is 26.5 Å². The molecule has 0 radical (unpaired) electrons. The van der Waals surface area contributed by atoms with Crippen molar-refractivity contribution in [2.45, 2.75) is 45.3 Å². The van der Waals surface area contributed by atoms with Crippen LogP contribution in [0.1, 0.15) is 55.2 Å². The van der Waals surface area contributed by atoms with Crippen LogP contribution in [0.3, 0.4) is 0 Å². The van der Waals surface area contributed by atoms with Crippen molar-refractivity contribution in [3.63, 3.8) is 0 Å². The number of nitrogens with zero attached hydrogens (tertiary/aromatic N) is 3. The maximum absolute atomic E-state index is 13.3. The minimum atomic E-state index is -0.150. The number of Topliss-reactive ketones (excluding diaryl/α,β-unsaturated/α-hetero) is 1. The zero-order valence-corrected chi connectivity index (χ0v) is 21.1. The Hall–Kier alpha value is -3.55. The molecule has 1 aliphatic carbocycles. The molecule has 2 aromatic carbocycles. The van der Waals surface area contributed by atoms with Crippen molar-refractivity contribution in [1.82, 2.24) is 9.78 Å². The predicted octanol–water partition coefficient (Wildman–Crippen LogP) is 4.83. The molecular formula is C29H28N4O2S. The van der Waals surface area contributed by atoms with Crippen LogP contribution in [0.5, 0.6) is 0 Å². The van der Waals surface area contributed by atoms with Gasteiger partial charge in [-0.15, -0.1) is 11.3 Å². The molecule has 182 valence electrons. The number of thiophene rings is 1. The van der Waals surface area contributed by atoms with Crippen molar-refractivity contribution in [2.24, 2.45) is 17.8 Å². The van der Waals surface area contributed by atoms with Gasteiger partial charge in [0.05, 0.1) is 24.2 Å². The first-order valence-corrected chi connectivity index (χ1v) is 13.2. The molecule has 0 amide bonds. The summed E-state index contributed by atoms with van der Waals surface area (Å²) in [6.07, 6.45) is 8.65.